The largest absolute Gasteiger partial charge is 0.501 e. The maximum Gasteiger partial charge on any atom is 0.189 e. The highest BCUT2D eigenvalue weighted by Crippen LogP contribution is 2.12. The molecule has 0 atom stereocenters. The van der Waals surface area contributed by atoms with Gasteiger partial charge in [-0.05, 0) is 31.2 Å². The Balaban J connectivity index is 2.83. The summed E-state index contributed by atoms with van der Waals surface area (Å²) in [6.07, 6.45) is 1.46. The fraction of sp³-hybridized carbons (Fsp3) is 0.250. The summed E-state index contributed by atoms with van der Waals surface area (Å²) in [6, 6.07) is 6.95. The Morgan fingerprint density at radius 1 is 1.20 bits per heavy atom. The molecule has 0 amide bonds. The molecule has 0 saturated carbocycles. The average molecular weight is 206 g/mol. The highest BCUT2D eigenvalue weighted by Gasteiger charge is 2.03. The van der Waals surface area contributed by atoms with Gasteiger partial charge in [-0.1, -0.05) is 0 Å². The predicted octanol–water partition coefficient (Wildman–Crippen LogP) is 2.43. The van der Waals surface area contributed by atoms with Crippen LogP contribution < -0.4 is 4.74 Å². The molecule has 0 saturated heterocycles. The van der Waals surface area contributed by atoms with Crippen LogP contribution in [0.25, 0.3) is 0 Å². The van der Waals surface area contributed by atoms with Gasteiger partial charge in [0.05, 0.1) is 20.0 Å². The van der Waals surface area contributed by atoms with Crippen LogP contribution in [0.4, 0.5) is 0 Å². The molecule has 0 aliphatic carbocycles. The van der Waals surface area contributed by atoms with E-state index in [0.29, 0.717) is 11.3 Å². The van der Waals surface area contributed by atoms with Gasteiger partial charge in [-0.25, -0.2) is 0 Å². The lowest BCUT2D eigenvalue weighted by Crippen LogP contribution is -1.96. The van der Waals surface area contributed by atoms with E-state index in [1.807, 2.05) is 0 Å². The van der Waals surface area contributed by atoms with E-state index in [1.165, 1.54) is 13.2 Å². The summed E-state index contributed by atoms with van der Waals surface area (Å²) in [7, 11) is 3.12. The number of ether oxygens (including phenoxy) is 2. The maximum atomic E-state index is 11.6. The molecule has 0 radical (unpaired) electrons. The molecular weight excluding hydrogens is 192 g/mol. The van der Waals surface area contributed by atoms with E-state index >= 15 is 0 Å². The summed E-state index contributed by atoms with van der Waals surface area (Å²) in [5, 5.41) is 0. The van der Waals surface area contributed by atoms with E-state index in [9.17, 15) is 4.79 Å². The first-order valence-corrected chi connectivity index (χ1v) is 4.58. The third kappa shape index (κ3) is 3.13. The summed E-state index contributed by atoms with van der Waals surface area (Å²) in [4.78, 5) is 11.6. The maximum absolute atomic E-state index is 11.6. The van der Waals surface area contributed by atoms with Crippen molar-refractivity contribution in [3.63, 3.8) is 0 Å². The highest BCUT2D eigenvalue weighted by molar-refractivity contribution is 6.04. The Morgan fingerprint density at radius 2 is 1.80 bits per heavy atom. The van der Waals surface area contributed by atoms with Gasteiger partial charge in [-0.2, -0.15) is 0 Å². The quantitative estimate of drug-likeness (QED) is 0.431. The van der Waals surface area contributed by atoms with Crippen molar-refractivity contribution >= 4 is 5.78 Å². The van der Waals surface area contributed by atoms with Crippen molar-refractivity contribution in [3.8, 4) is 5.75 Å². The molecule has 0 aliphatic rings. The minimum atomic E-state index is -0.0722. The molecule has 1 aromatic rings. The minimum absolute atomic E-state index is 0.0722. The fourth-order valence-electron chi connectivity index (χ4n) is 1.08. The molecule has 0 fully saturated rings. The van der Waals surface area contributed by atoms with Crippen LogP contribution in [0.2, 0.25) is 0 Å². The van der Waals surface area contributed by atoms with Crippen LogP contribution in [-0.4, -0.2) is 20.0 Å². The number of hydrogen-bond acceptors (Lipinski definition) is 3. The van der Waals surface area contributed by atoms with Crippen LogP contribution >= 0.6 is 0 Å². The second-order valence-corrected chi connectivity index (χ2v) is 3.05. The third-order valence-corrected chi connectivity index (χ3v) is 2.03. The van der Waals surface area contributed by atoms with E-state index < -0.39 is 0 Å². The first kappa shape index (κ1) is 11.3. The molecule has 80 valence electrons. The Morgan fingerprint density at radius 3 is 2.27 bits per heavy atom. The first-order chi connectivity index (χ1) is 7.17. The van der Waals surface area contributed by atoms with Crippen molar-refractivity contribution in [3.05, 3.63) is 41.7 Å². The second-order valence-electron chi connectivity index (χ2n) is 3.05. The first-order valence-electron chi connectivity index (χ1n) is 4.58. The number of methoxy groups -OCH3 is 2. The lowest BCUT2D eigenvalue weighted by atomic mass is 10.1. The highest BCUT2D eigenvalue weighted by atomic mass is 16.5. The van der Waals surface area contributed by atoms with Crippen molar-refractivity contribution in [2.75, 3.05) is 14.2 Å². The average Bonchev–Trinajstić information content (AvgIpc) is 2.29. The Labute approximate surface area is 89.3 Å². The standard InChI is InChI=1S/C12H14O3/c1-9(14-2)8-12(13)10-4-6-11(15-3)7-5-10/h4-8H,1-3H3. The Bertz CT molecular complexity index is 363. The van der Waals surface area contributed by atoms with Crippen LogP contribution in [0.15, 0.2) is 36.1 Å². The Hall–Kier alpha value is -1.77. The summed E-state index contributed by atoms with van der Waals surface area (Å²) in [6.45, 7) is 1.74. The molecule has 0 aliphatic heterocycles. The van der Waals surface area contributed by atoms with Gasteiger partial charge in [0.15, 0.2) is 5.78 Å². The number of hydrogen-bond donors (Lipinski definition) is 0. The van der Waals surface area contributed by atoms with Crippen molar-refractivity contribution in [1.29, 1.82) is 0 Å². The van der Waals surface area contributed by atoms with Crippen molar-refractivity contribution in [2.45, 2.75) is 6.92 Å². The van der Waals surface area contributed by atoms with E-state index in [1.54, 1.807) is 38.3 Å². The van der Waals surface area contributed by atoms with Gasteiger partial charge in [0, 0.05) is 11.6 Å². The van der Waals surface area contributed by atoms with Gasteiger partial charge in [-0.3, -0.25) is 4.79 Å². The normalized spacial score (nSPS) is 11.0. The summed E-state index contributed by atoms with van der Waals surface area (Å²) in [5.74, 6) is 1.26. The molecule has 0 aromatic heterocycles. The number of carbonyl (C=O) groups is 1. The number of rotatable bonds is 4. The topological polar surface area (TPSA) is 35.5 Å². The molecule has 15 heavy (non-hydrogen) atoms. The van der Waals surface area contributed by atoms with Gasteiger partial charge in [0.1, 0.15) is 5.75 Å². The number of carbonyl (C=O) groups excluding carboxylic acids is 1. The molecule has 0 spiro atoms. The molecule has 0 bridgehead atoms. The molecular formula is C12H14O3. The van der Waals surface area contributed by atoms with Crippen LogP contribution in [0.1, 0.15) is 17.3 Å². The monoisotopic (exact) mass is 206 g/mol. The van der Waals surface area contributed by atoms with Crippen LogP contribution in [0.5, 0.6) is 5.75 Å². The van der Waals surface area contributed by atoms with E-state index in [2.05, 4.69) is 0 Å². The predicted molar refractivity (Wildman–Crippen MR) is 58.1 cm³/mol. The number of allylic oxidation sites excluding steroid dienone is 2. The van der Waals surface area contributed by atoms with Crippen LogP contribution in [-0.2, 0) is 4.74 Å². The zero-order chi connectivity index (χ0) is 11.3. The molecule has 3 heteroatoms. The SMILES string of the molecule is COC(C)=CC(=O)c1ccc(OC)cc1. The number of benzene rings is 1. The lowest BCUT2D eigenvalue weighted by Gasteiger charge is -2.01. The molecule has 0 heterocycles. The summed E-state index contributed by atoms with van der Waals surface area (Å²) >= 11 is 0. The lowest BCUT2D eigenvalue weighted by molar-refractivity contribution is 0.104. The molecule has 1 rings (SSSR count). The third-order valence-electron chi connectivity index (χ3n) is 2.03. The molecule has 0 N–H and O–H groups in total. The smallest absolute Gasteiger partial charge is 0.189 e. The second kappa shape index (κ2) is 5.20. The van der Waals surface area contributed by atoms with Gasteiger partial charge >= 0.3 is 0 Å². The molecule has 3 nitrogen and oxygen atoms in total. The van der Waals surface area contributed by atoms with Gasteiger partial charge in [0.2, 0.25) is 0 Å². The molecule has 0 unspecified atom stereocenters. The van der Waals surface area contributed by atoms with E-state index in [-0.39, 0.29) is 5.78 Å². The van der Waals surface area contributed by atoms with Crippen molar-refractivity contribution in [2.24, 2.45) is 0 Å². The fourth-order valence-corrected chi connectivity index (χ4v) is 1.08. The van der Waals surface area contributed by atoms with Crippen LogP contribution in [0, 0.1) is 0 Å². The van der Waals surface area contributed by atoms with Crippen LogP contribution in [0.3, 0.4) is 0 Å². The van der Waals surface area contributed by atoms with E-state index in [0.717, 1.165) is 5.75 Å². The summed E-state index contributed by atoms with van der Waals surface area (Å²) < 4.78 is 9.90. The van der Waals surface area contributed by atoms with Gasteiger partial charge in [0.25, 0.3) is 0 Å². The summed E-state index contributed by atoms with van der Waals surface area (Å²) in [5.41, 5.74) is 0.618. The van der Waals surface area contributed by atoms with E-state index in [4.69, 9.17) is 9.47 Å². The van der Waals surface area contributed by atoms with Crippen molar-refractivity contribution in [1.82, 2.24) is 0 Å². The van der Waals surface area contributed by atoms with Crippen molar-refractivity contribution < 1.29 is 14.3 Å². The number of ketones is 1. The zero-order valence-corrected chi connectivity index (χ0v) is 9.11. The zero-order valence-electron chi connectivity index (χ0n) is 9.11. The van der Waals surface area contributed by atoms with Gasteiger partial charge in [-0.15, -0.1) is 0 Å². The minimum Gasteiger partial charge on any atom is -0.501 e. The van der Waals surface area contributed by atoms with Gasteiger partial charge < -0.3 is 9.47 Å². The molecule has 1 aromatic carbocycles. The Kier molecular flexibility index (Phi) is 3.92.